The molecule has 0 bridgehead atoms. The Bertz CT molecular complexity index is 1030. The van der Waals surface area contributed by atoms with Gasteiger partial charge in [0.15, 0.2) is 0 Å². The van der Waals surface area contributed by atoms with Crippen LogP contribution in [0.25, 0.3) is 0 Å². The molecule has 0 aromatic heterocycles. The van der Waals surface area contributed by atoms with E-state index in [1.165, 1.54) is 5.56 Å². The molecule has 1 aliphatic heterocycles. The average molecular weight is 357 g/mol. The highest BCUT2D eigenvalue weighted by atomic mass is 16.2. The highest BCUT2D eigenvalue weighted by molar-refractivity contribution is 6.12. The molecule has 0 saturated carbocycles. The fourth-order valence-electron chi connectivity index (χ4n) is 3.01. The lowest BCUT2D eigenvalue weighted by Crippen LogP contribution is -2.23. The molecule has 27 heavy (non-hydrogen) atoms. The lowest BCUT2D eigenvalue weighted by Gasteiger charge is -2.11. The van der Waals surface area contributed by atoms with Crippen LogP contribution in [0.4, 0.5) is 17.1 Å². The number of nitrogens with one attached hydrogen (secondary N) is 3. The number of benzene rings is 3. The number of hydrogen-bond acceptors (Lipinski definition) is 3. The van der Waals surface area contributed by atoms with E-state index in [9.17, 15) is 9.59 Å². The maximum Gasteiger partial charge on any atom is 0.257 e. The van der Waals surface area contributed by atoms with E-state index < -0.39 is 0 Å². The molecule has 1 heterocycles. The quantitative estimate of drug-likeness (QED) is 0.657. The molecule has 0 saturated heterocycles. The largest absolute Gasteiger partial charge is 0.353 e. The smallest absolute Gasteiger partial charge is 0.257 e. The Morgan fingerprint density at radius 2 is 1.67 bits per heavy atom. The van der Waals surface area contributed by atoms with E-state index in [2.05, 4.69) is 16.0 Å². The molecular weight excluding hydrogens is 338 g/mol. The monoisotopic (exact) mass is 357 g/mol. The first-order valence-corrected chi connectivity index (χ1v) is 8.75. The van der Waals surface area contributed by atoms with Crippen molar-refractivity contribution in [3.05, 3.63) is 89.0 Å². The van der Waals surface area contributed by atoms with E-state index in [-0.39, 0.29) is 11.8 Å². The first-order valence-electron chi connectivity index (χ1n) is 8.75. The first kappa shape index (κ1) is 16.8. The zero-order valence-electron chi connectivity index (χ0n) is 14.9. The average Bonchev–Trinajstić information content (AvgIpc) is 2.82. The highest BCUT2D eigenvalue weighted by Crippen LogP contribution is 2.32. The van der Waals surface area contributed by atoms with Gasteiger partial charge in [0.05, 0.1) is 22.6 Å². The highest BCUT2D eigenvalue weighted by Gasteiger charge is 2.19. The molecule has 3 aromatic carbocycles. The van der Waals surface area contributed by atoms with E-state index in [1.54, 1.807) is 24.3 Å². The molecule has 3 N–H and O–H groups in total. The second kappa shape index (κ2) is 6.96. The van der Waals surface area contributed by atoms with E-state index in [0.29, 0.717) is 23.4 Å². The summed E-state index contributed by atoms with van der Waals surface area (Å²) in [5.74, 6) is -0.386. The predicted molar refractivity (Wildman–Crippen MR) is 106 cm³/mol. The maximum absolute atomic E-state index is 12.5. The van der Waals surface area contributed by atoms with Gasteiger partial charge in [-0.25, -0.2) is 0 Å². The fraction of sp³-hybridized carbons (Fsp3) is 0.0909. The van der Waals surface area contributed by atoms with Gasteiger partial charge in [-0.15, -0.1) is 0 Å². The summed E-state index contributed by atoms with van der Waals surface area (Å²) in [4.78, 5) is 24.9. The SMILES string of the molecule is Cc1ccc(CNC(=O)c2ccc3c(c2)NC(=O)c2ccccc2N3)cc1. The molecule has 1 aliphatic rings. The van der Waals surface area contributed by atoms with Crippen LogP contribution in [0.2, 0.25) is 0 Å². The van der Waals surface area contributed by atoms with Gasteiger partial charge < -0.3 is 16.0 Å². The van der Waals surface area contributed by atoms with Crippen LogP contribution in [-0.4, -0.2) is 11.8 Å². The number of fused-ring (bicyclic) bond motifs is 2. The van der Waals surface area contributed by atoms with Crippen LogP contribution in [-0.2, 0) is 6.54 Å². The van der Waals surface area contributed by atoms with Gasteiger partial charge in [-0.2, -0.15) is 0 Å². The minimum absolute atomic E-state index is 0.186. The Morgan fingerprint density at radius 3 is 2.48 bits per heavy atom. The molecule has 0 aliphatic carbocycles. The summed E-state index contributed by atoms with van der Waals surface area (Å²) in [6.07, 6.45) is 0. The molecule has 3 aromatic rings. The summed E-state index contributed by atoms with van der Waals surface area (Å²) in [7, 11) is 0. The third-order valence-electron chi connectivity index (χ3n) is 4.54. The summed E-state index contributed by atoms with van der Waals surface area (Å²) >= 11 is 0. The van der Waals surface area contributed by atoms with Gasteiger partial charge >= 0.3 is 0 Å². The van der Waals surface area contributed by atoms with Crippen molar-refractivity contribution < 1.29 is 9.59 Å². The van der Waals surface area contributed by atoms with Crippen LogP contribution >= 0.6 is 0 Å². The van der Waals surface area contributed by atoms with Crippen LogP contribution in [0, 0.1) is 6.92 Å². The van der Waals surface area contributed by atoms with Crippen molar-refractivity contribution in [2.24, 2.45) is 0 Å². The number of para-hydroxylation sites is 1. The standard InChI is InChI=1S/C22H19N3O2/c1-14-6-8-15(9-7-14)13-23-21(26)16-10-11-19-20(12-16)25-22(27)17-4-2-3-5-18(17)24-19/h2-12,24H,13H2,1H3,(H,23,26)(H,25,27). The second-order valence-electron chi connectivity index (χ2n) is 6.55. The van der Waals surface area contributed by atoms with Crippen molar-refractivity contribution in [2.75, 3.05) is 10.6 Å². The van der Waals surface area contributed by atoms with Crippen molar-refractivity contribution >= 4 is 28.9 Å². The Hall–Kier alpha value is -3.60. The number of carbonyl (C=O) groups excluding carboxylic acids is 2. The van der Waals surface area contributed by atoms with Gasteiger partial charge in [-0.1, -0.05) is 42.0 Å². The zero-order chi connectivity index (χ0) is 18.8. The van der Waals surface area contributed by atoms with Gasteiger partial charge in [-0.3, -0.25) is 9.59 Å². The van der Waals surface area contributed by atoms with Crippen molar-refractivity contribution in [3.63, 3.8) is 0 Å². The van der Waals surface area contributed by atoms with Gasteiger partial charge in [0.1, 0.15) is 0 Å². The number of carbonyl (C=O) groups is 2. The van der Waals surface area contributed by atoms with Crippen LogP contribution in [0.1, 0.15) is 31.8 Å². The first-order chi connectivity index (χ1) is 13.1. The molecule has 0 fully saturated rings. The lowest BCUT2D eigenvalue weighted by atomic mass is 10.1. The van der Waals surface area contributed by atoms with E-state index in [1.807, 2.05) is 49.4 Å². The Labute approximate surface area is 157 Å². The van der Waals surface area contributed by atoms with Crippen LogP contribution in [0.3, 0.4) is 0 Å². The van der Waals surface area contributed by atoms with E-state index in [4.69, 9.17) is 0 Å². The number of rotatable bonds is 3. The van der Waals surface area contributed by atoms with Gasteiger partial charge in [-0.05, 0) is 42.8 Å². The molecule has 134 valence electrons. The molecule has 0 unspecified atom stereocenters. The molecule has 2 amide bonds. The molecule has 0 radical (unpaired) electrons. The van der Waals surface area contributed by atoms with Crippen molar-refractivity contribution in [2.45, 2.75) is 13.5 Å². The maximum atomic E-state index is 12.5. The molecular formula is C22H19N3O2. The molecule has 0 spiro atoms. The normalized spacial score (nSPS) is 12.1. The van der Waals surface area contributed by atoms with Crippen LogP contribution in [0.15, 0.2) is 66.7 Å². The van der Waals surface area contributed by atoms with Crippen molar-refractivity contribution in [3.8, 4) is 0 Å². The summed E-state index contributed by atoms with van der Waals surface area (Å²) in [6, 6.07) is 20.6. The third kappa shape index (κ3) is 3.53. The zero-order valence-corrected chi connectivity index (χ0v) is 14.9. The predicted octanol–water partition coefficient (Wildman–Crippen LogP) is 4.23. The third-order valence-corrected chi connectivity index (χ3v) is 4.54. The lowest BCUT2D eigenvalue weighted by molar-refractivity contribution is 0.0949. The van der Waals surface area contributed by atoms with Crippen LogP contribution in [0.5, 0.6) is 0 Å². The summed E-state index contributed by atoms with van der Waals surface area (Å²) in [5, 5.41) is 9.03. The number of anilines is 3. The topological polar surface area (TPSA) is 70.2 Å². The van der Waals surface area contributed by atoms with E-state index >= 15 is 0 Å². The summed E-state index contributed by atoms with van der Waals surface area (Å²) < 4.78 is 0. The minimum Gasteiger partial charge on any atom is -0.353 e. The molecule has 5 heteroatoms. The second-order valence-corrected chi connectivity index (χ2v) is 6.55. The van der Waals surface area contributed by atoms with E-state index in [0.717, 1.165) is 16.9 Å². The van der Waals surface area contributed by atoms with Crippen molar-refractivity contribution in [1.29, 1.82) is 0 Å². The van der Waals surface area contributed by atoms with Crippen LogP contribution < -0.4 is 16.0 Å². The summed E-state index contributed by atoms with van der Waals surface area (Å²) in [6.45, 7) is 2.48. The minimum atomic E-state index is -0.200. The molecule has 0 atom stereocenters. The van der Waals surface area contributed by atoms with Gasteiger partial charge in [0.2, 0.25) is 0 Å². The Morgan fingerprint density at radius 1 is 0.889 bits per heavy atom. The van der Waals surface area contributed by atoms with Crippen molar-refractivity contribution in [1.82, 2.24) is 5.32 Å². The molecule has 4 rings (SSSR count). The number of hydrogen-bond donors (Lipinski definition) is 3. The Balaban J connectivity index is 1.53. The Kier molecular flexibility index (Phi) is 4.34. The number of amides is 2. The van der Waals surface area contributed by atoms with Gasteiger partial charge in [0.25, 0.3) is 11.8 Å². The van der Waals surface area contributed by atoms with Gasteiger partial charge in [0, 0.05) is 12.1 Å². The summed E-state index contributed by atoms with van der Waals surface area (Å²) in [5.41, 5.74) is 5.36. The molecule has 5 nitrogen and oxygen atoms in total. The fourth-order valence-corrected chi connectivity index (χ4v) is 3.01. The number of aryl methyl sites for hydroxylation is 1.